The van der Waals surface area contributed by atoms with Crippen LogP contribution in [0.1, 0.15) is 29.6 Å². The summed E-state index contributed by atoms with van der Waals surface area (Å²) in [6.45, 7) is 0. The van der Waals surface area contributed by atoms with Crippen LogP contribution in [-0.2, 0) is 14.3 Å². The van der Waals surface area contributed by atoms with Crippen molar-refractivity contribution in [2.75, 3.05) is 5.75 Å². The van der Waals surface area contributed by atoms with E-state index < -0.39 is 32.8 Å². The molecule has 1 aliphatic rings. The average Bonchev–Trinajstić information content (AvgIpc) is 3.00. The zero-order chi connectivity index (χ0) is 19.0. The summed E-state index contributed by atoms with van der Waals surface area (Å²) in [5.41, 5.74) is -5.19. The number of benzene rings is 2. The molecular formula is C17H15F3O4S2. The monoisotopic (exact) mass is 404 g/mol. The van der Waals surface area contributed by atoms with E-state index in [0.717, 1.165) is 17.1 Å². The van der Waals surface area contributed by atoms with Crippen molar-refractivity contribution in [1.82, 2.24) is 0 Å². The number of Topliss-reactive ketones (excluding diaryl/α,β-unsaturated/α-hetero) is 1. The van der Waals surface area contributed by atoms with Gasteiger partial charge in [0.2, 0.25) is 0 Å². The molecule has 0 aromatic heterocycles. The molecule has 0 spiro atoms. The van der Waals surface area contributed by atoms with Gasteiger partial charge in [-0.05, 0) is 29.4 Å². The predicted molar refractivity (Wildman–Crippen MR) is 93.4 cm³/mol. The second kappa shape index (κ2) is 6.86. The number of hydrogen-bond donors (Lipinski definition) is 0. The standard InChI is InChI=1S/C17H15F3O4S2/c18-17(19,20)26(22,23)24-16(9-4-10-25-16)11-15(21)14-8-3-6-12-5-1-2-7-13(12)14/h1-3,5-8H,4,9-11H2. The van der Waals surface area contributed by atoms with Crippen molar-refractivity contribution in [3.05, 3.63) is 48.0 Å². The van der Waals surface area contributed by atoms with Crippen molar-refractivity contribution in [3.63, 3.8) is 0 Å². The number of rotatable bonds is 5. The van der Waals surface area contributed by atoms with Gasteiger partial charge in [0, 0.05) is 5.56 Å². The van der Waals surface area contributed by atoms with Crippen LogP contribution in [0.4, 0.5) is 13.2 Å². The third kappa shape index (κ3) is 3.74. The fourth-order valence-corrected chi connectivity index (χ4v) is 5.24. The van der Waals surface area contributed by atoms with Crippen LogP contribution in [-0.4, -0.2) is 30.4 Å². The van der Waals surface area contributed by atoms with Gasteiger partial charge >= 0.3 is 15.6 Å². The first-order valence-corrected chi connectivity index (χ1v) is 10.2. The molecule has 140 valence electrons. The Hall–Kier alpha value is -1.58. The maximum atomic E-state index is 12.8. The summed E-state index contributed by atoms with van der Waals surface area (Å²) in [6, 6.07) is 12.2. The summed E-state index contributed by atoms with van der Waals surface area (Å²) < 4.78 is 65.6. The molecule has 1 atom stereocenters. The lowest BCUT2D eigenvalue weighted by Gasteiger charge is -2.27. The highest BCUT2D eigenvalue weighted by Crippen LogP contribution is 2.46. The third-order valence-corrected chi connectivity index (χ3v) is 6.79. The van der Waals surface area contributed by atoms with Crippen molar-refractivity contribution in [2.24, 2.45) is 0 Å². The first-order chi connectivity index (χ1) is 12.1. The molecule has 0 saturated carbocycles. The molecule has 26 heavy (non-hydrogen) atoms. The highest BCUT2D eigenvalue weighted by molar-refractivity contribution is 8.01. The summed E-state index contributed by atoms with van der Waals surface area (Å²) in [6.07, 6.45) is 0.0886. The van der Waals surface area contributed by atoms with Gasteiger partial charge in [-0.3, -0.25) is 4.79 Å². The molecule has 1 heterocycles. The number of alkyl halides is 3. The smallest absolute Gasteiger partial charge is 0.294 e. The largest absolute Gasteiger partial charge is 0.523 e. The minimum absolute atomic E-state index is 0.0590. The van der Waals surface area contributed by atoms with E-state index in [1.807, 2.05) is 18.2 Å². The van der Waals surface area contributed by atoms with Crippen LogP contribution < -0.4 is 0 Å². The Balaban J connectivity index is 1.92. The topological polar surface area (TPSA) is 60.4 Å². The molecule has 1 aliphatic heterocycles. The second-order valence-electron chi connectivity index (χ2n) is 5.97. The van der Waals surface area contributed by atoms with E-state index in [0.29, 0.717) is 23.1 Å². The minimum atomic E-state index is -5.78. The van der Waals surface area contributed by atoms with Gasteiger partial charge in [0.1, 0.15) is 4.93 Å². The van der Waals surface area contributed by atoms with Crippen LogP contribution in [0.15, 0.2) is 42.5 Å². The predicted octanol–water partition coefficient (Wildman–Crippen LogP) is 4.50. The molecule has 1 unspecified atom stereocenters. The number of carbonyl (C=O) groups excluding carboxylic acids is 1. The maximum Gasteiger partial charge on any atom is 0.523 e. The molecule has 0 radical (unpaired) electrons. The Morgan fingerprint density at radius 2 is 1.85 bits per heavy atom. The summed E-state index contributed by atoms with van der Waals surface area (Å²) in [7, 11) is -5.78. The van der Waals surface area contributed by atoms with Crippen LogP contribution in [0, 0.1) is 0 Å². The number of carbonyl (C=O) groups is 1. The first kappa shape index (κ1) is 19.2. The third-order valence-electron chi connectivity index (χ3n) is 4.13. The lowest BCUT2D eigenvalue weighted by atomic mass is 9.97. The summed E-state index contributed by atoms with van der Waals surface area (Å²) in [5.74, 6) is -0.0236. The van der Waals surface area contributed by atoms with Gasteiger partial charge in [0.05, 0.1) is 6.42 Å². The van der Waals surface area contributed by atoms with Crippen molar-refractivity contribution < 1.29 is 30.6 Å². The lowest BCUT2D eigenvalue weighted by molar-refractivity contribution is -0.0591. The van der Waals surface area contributed by atoms with Gasteiger partial charge in [0.15, 0.2) is 5.78 Å². The number of fused-ring (bicyclic) bond motifs is 1. The molecule has 2 aromatic rings. The zero-order valence-corrected chi connectivity index (χ0v) is 15.1. The van der Waals surface area contributed by atoms with Gasteiger partial charge in [0.25, 0.3) is 0 Å². The number of halogens is 3. The molecule has 0 bridgehead atoms. The van der Waals surface area contributed by atoms with Crippen molar-refractivity contribution in [2.45, 2.75) is 29.7 Å². The van der Waals surface area contributed by atoms with E-state index in [-0.39, 0.29) is 6.42 Å². The van der Waals surface area contributed by atoms with E-state index in [1.54, 1.807) is 24.3 Å². The van der Waals surface area contributed by atoms with Crippen molar-refractivity contribution in [3.8, 4) is 0 Å². The van der Waals surface area contributed by atoms with Crippen molar-refractivity contribution >= 4 is 38.4 Å². The van der Waals surface area contributed by atoms with Crippen LogP contribution in [0.5, 0.6) is 0 Å². The normalized spacial score (nSPS) is 21.2. The van der Waals surface area contributed by atoms with Crippen LogP contribution >= 0.6 is 11.8 Å². The summed E-state index contributed by atoms with van der Waals surface area (Å²) in [4.78, 5) is 11.1. The molecule has 0 aliphatic carbocycles. The zero-order valence-electron chi connectivity index (χ0n) is 13.5. The Labute approximate surface area is 152 Å². The number of thioether (sulfide) groups is 1. The van der Waals surface area contributed by atoms with Crippen LogP contribution in [0.2, 0.25) is 0 Å². The fourth-order valence-electron chi connectivity index (χ4n) is 2.96. The Morgan fingerprint density at radius 3 is 2.50 bits per heavy atom. The van der Waals surface area contributed by atoms with Gasteiger partial charge in [-0.1, -0.05) is 42.5 Å². The summed E-state index contributed by atoms with van der Waals surface area (Å²) >= 11 is 0.939. The van der Waals surface area contributed by atoms with E-state index in [1.165, 1.54) is 0 Å². The molecule has 2 aromatic carbocycles. The average molecular weight is 404 g/mol. The highest BCUT2D eigenvalue weighted by atomic mass is 32.2. The second-order valence-corrected chi connectivity index (χ2v) is 8.95. The maximum absolute atomic E-state index is 12.8. The van der Waals surface area contributed by atoms with Crippen LogP contribution in [0.25, 0.3) is 10.8 Å². The SMILES string of the molecule is O=C(CC1(OS(=O)(=O)C(F)(F)F)CCCS1)c1cccc2ccccc12. The van der Waals surface area contributed by atoms with Gasteiger partial charge in [-0.15, -0.1) is 11.8 Å². The van der Waals surface area contributed by atoms with E-state index in [2.05, 4.69) is 4.18 Å². The van der Waals surface area contributed by atoms with Gasteiger partial charge in [-0.25, -0.2) is 4.18 Å². The molecule has 3 rings (SSSR count). The highest BCUT2D eigenvalue weighted by Gasteiger charge is 2.53. The molecule has 4 nitrogen and oxygen atoms in total. The van der Waals surface area contributed by atoms with Crippen molar-refractivity contribution in [1.29, 1.82) is 0 Å². The van der Waals surface area contributed by atoms with Crippen LogP contribution in [0.3, 0.4) is 0 Å². The quantitative estimate of drug-likeness (QED) is 0.417. The molecule has 9 heteroatoms. The lowest BCUT2D eigenvalue weighted by Crippen LogP contribution is -2.37. The van der Waals surface area contributed by atoms with E-state index >= 15 is 0 Å². The Morgan fingerprint density at radius 1 is 1.15 bits per heavy atom. The summed E-state index contributed by atoms with van der Waals surface area (Å²) in [5, 5.41) is 1.48. The minimum Gasteiger partial charge on any atom is -0.294 e. The van der Waals surface area contributed by atoms with Gasteiger partial charge in [-0.2, -0.15) is 21.6 Å². The number of ketones is 1. The Bertz CT molecular complexity index is 927. The van der Waals surface area contributed by atoms with E-state index in [9.17, 15) is 26.4 Å². The molecule has 1 fully saturated rings. The number of hydrogen-bond acceptors (Lipinski definition) is 5. The molecular weight excluding hydrogens is 389 g/mol. The molecule has 1 saturated heterocycles. The molecule has 0 amide bonds. The molecule has 0 N–H and O–H groups in total. The van der Waals surface area contributed by atoms with Gasteiger partial charge < -0.3 is 0 Å². The first-order valence-electron chi connectivity index (χ1n) is 7.80. The van der Waals surface area contributed by atoms with E-state index in [4.69, 9.17) is 0 Å². The fraction of sp³-hybridized carbons (Fsp3) is 0.353. The Kier molecular flexibility index (Phi) is 5.06.